The van der Waals surface area contributed by atoms with Crippen LogP contribution in [0.15, 0.2) is 42.5 Å². The van der Waals surface area contributed by atoms with Crippen LogP contribution in [0.1, 0.15) is 12.0 Å². The number of alkyl halides is 5. The lowest BCUT2D eigenvalue weighted by molar-refractivity contribution is -0.137. The topological polar surface area (TPSA) is 67.9 Å². The second kappa shape index (κ2) is 8.78. The first kappa shape index (κ1) is 22.3. The minimum atomic E-state index is -4.57. The number of hydrogen-bond donors (Lipinski definition) is 1. The van der Waals surface area contributed by atoms with Gasteiger partial charge in [-0.3, -0.25) is 9.59 Å². The summed E-state index contributed by atoms with van der Waals surface area (Å²) >= 11 is 0. The van der Waals surface area contributed by atoms with Gasteiger partial charge in [0.2, 0.25) is 11.8 Å². The van der Waals surface area contributed by atoms with Gasteiger partial charge in [-0.05, 0) is 30.3 Å². The van der Waals surface area contributed by atoms with Crippen molar-refractivity contribution in [3.63, 3.8) is 0 Å². The molecule has 0 bridgehead atoms. The van der Waals surface area contributed by atoms with Crippen molar-refractivity contribution in [3.8, 4) is 11.5 Å². The Morgan fingerprint density at radius 2 is 1.90 bits per heavy atom. The highest BCUT2D eigenvalue weighted by Gasteiger charge is 2.37. The van der Waals surface area contributed by atoms with Crippen molar-refractivity contribution < 1.29 is 41.0 Å². The molecule has 1 N–H and O–H groups in total. The highest BCUT2D eigenvalue weighted by atomic mass is 19.4. The maximum absolute atomic E-state index is 12.9. The molecule has 1 saturated heterocycles. The molecule has 2 aromatic carbocycles. The van der Waals surface area contributed by atoms with Crippen molar-refractivity contribution in [2.45, 2.75) is 19.2 Å². The van der Waals surface area contributed by atoms with Gasteiger partial charge in [-0.1, -0.05) is 6.07 Å². The Balaban J connectivity index is 1.72. The Hall–Kier alpha value is -3.37. The van der Waals surface area contributed by atoms with Crippen LogP contribution in [0.5, 0.6) is 11.5 Å². The zero-order valence-electron chi connectivity index (χ0n) is 16.1. The molecule has 31 heavy (non-hydrogen) atoms. The van der Waals surface area contributed by atoms with Gasteiger partial charge >= 0.3 is 12.8 Å². The van der Waals surface area contributed by atoms with Gasteiger partial charge in [0.25, 0.3) is 0 Å². The second-order valence-corrected chi connectivity index (χ2v) is 6.69. The van der Waals surface area contributed by atoms with Crippen LogP contribution in [0, 0.1) is 5.92 Å². The molecule has 6 nitrogen and oxygen atoms in total. The van der Waals surface area contributed by atoms with E-state index in [0.717, 1.165) is 23.1 Å². The van der Waals surface area contributed by atoms with Gasteiger partial charge in [0.05, 0.1) is 18.6 Å². The molecule has 3 rings (SSSR count). The van der Waals surface area contributed by atoms with Gasteiger partial charge in [-0.2, -0.15) is 22.0 Å². The number of anilines is 2. The number of ether oxygens (including phenoxy) is 2. The molecule has 2 amide bonds. The normalized spacial score (nSPS) is 16.5. The smallest absolute Gasteiger partial charge is 0.416 e. The first-order chi connectivity index (χ1) is 14.6. The third-order valence-electron chi connectivity index (χ3n) is 4.63. The van der Waals surface area contributed by atoms with E-state index in [-0.39, 0.29) is 35.8 Å². The van der Waals surface area contributed by atoms with E-state index in [9.17, 15) is 31.5 Å². The molecule has 0 spiro atoms. The van der Waals surface area contributed by atoms with Crippen LogP contribution in [-0.4, -0.2) is 32.1 Å². The van der Waals surface area contributed by atoms with Gasteiger partial charge in [-0.25, -0.2) is 0 Å². The number of hydrogen-bond acceptors (Lipinski definition) is 4. The standard InChI is InChI=1S/C20H17F5N2O4/c1-30-15-6-5-13(9-16(15)31-19(21)22)26-18(29)11-7-17(28)27(10-11)14-4-2-3-12(8-14)20(23,24)25/h2-6,8-9,11,19H,7,10H2,1H3,(H,26,29). The molecule has 0 aliphatic carbocycles. The molecule has 1 aliphatic rings. The highest BCUT2D eigenvalue weighted by molar-refractivity contribution is 6.03. The second-order valence-electron chi connectivity index (χ2n) is 6.69. The van der Waals surface area contributed by atoms with Crippen molar-refractivity contribution in [1.82, 2.24) is 0 Å². The molecule has 1 aliphatic heterocycles. The fraction of sp³-hybridized carbons (Fsp3) is 0.300. The Labute approximate surface area is 173 Å². The number of amides is 2. The summed E-state index contributed by atoms with van der Waals surface area (Å²) in [5, 5.41) is 2.50. The number of carbonyl (C=O) groups is 2. The van der Waals surface area contributed by atoms with E-state index >= 15 is 0 Å². The largest absolute Gasteiger partial charge is 0.493 e. The quantitative estimate of drug-likeness (QED) is 0.675. The van der Waals surface area contributed by atoms with E-state index in [0.29, 0.717) is 0 Å². The van der Waals surface area contributed by atoms with Gasteiger partial charge in [0, 0.05) is 30.4 Å². The SMILES string of the molecule is COc1ccc(NC(=O)C2CC(=O)N(c3cccc(C(F)(F)F)c3)C2)cc1OC(F)F. The summed E-state index contributed by atoms with van der Waals surface area (Å²) in [6.07, 6.45) is -4.78. The lowest BCUT2D eigenvalue weighted by Crippen LogP contribution is -2.28. The lowest BCUT2D eigenvalue weighted by Gasteiger charge is -2.18. The van der Waals surface area contributed by atoms with Crippen molar-refractivity contribution in [1.29, 1.82) is 0 Å². The van der Waals surface area contributed by atoms with Crippen LogP contribution in [0.4, 0.5) is 33.3 Å². The number of benzene rings is 2. The molecule has 0 aromatic heterocycles. The molecule has 1 fully saturated rings. The fourth-order valence-corrected chi connectivity index (χ4v) is 3.17. The van der Waals surface area contributed by atoms with E-state index in [1.807, 2.05) is 0 Å². The Morgan fingerprint density at radius 1 is 1.16 bits per heavy atom. The zero-order valence-corrected chi connectivity index (χ0v) is 16.1. The highest BCUT2D eigenvalue weighted by Crippen LogP contribution is 2.34. The summed E-state index contributed by atoms with van der Waals surface area (Å²) in [4.78, 5) is 26.0. The number of nitrogens with one attached hydrogen (secondary N) is 1. The van der Waals surface area contributed by atoms with Gasteiger partial charge in [0.1, 0.15) is 0 Å². The summed E-state index contributed by atoms with van der Waals surface area (Å²) in [6, 6.07) is 8.13. The van der Waals surface area contributed by atoms with E-state index in [1.54, 1.807) is 0 Å². The van der Waals surface area contributed by atoms with Gasteiger partial charge in [0.15, 0.2) is 11.5 Å². The van der Waals surface area contributed by atoms with Crippen molar-refractivity contribution in [2.75, 3.05) is 23.9 Å². The molecule has 2 aromatic rings. The molecular weight excluding hydrogens is 427 g/mol. The first-order valence-corrected chi connectivity index (χ1v) is 9.00. The Bertz CT molecular complexity index is 980. The van der Waals surface area contributed by atoms with Crippen LogP contribution in [-0.2, 0) is 15.8 Å². The van der Waals surface area contributed by atoms with Crippen LogP contribution < -0.4 is 19.7 Å². The number of carbonyl (C=O) groups excluding carboxylic acids is 2. The van der Waals surface area contributed by atoms with Crippen LogP contribution in [0.3, 0.4) is 0 Å². The first-order valence-electron chi connectivity index (χ1n) is 9.00. The summed E-state index contributed by atoms with van der Waals surface area (Å²) in [5.74, 6) is -2.19. The van der Waals surface area contributed by atoms with Gasteiger partial charge in [-0.15, -0.1) is 0 Å². The molecule has 11 heteroatoms. The molecule has 0 saturated carbocycles. The Morgan fingerprint density at radius 3 is 2.55 bits per heavy atom. The third kappa shape index (κ3) is 5.22. The third-order valence-corrected chi connectivity index (χ3v) is 4.63. The van der Waals surface area contributed by atoms with Crippen LogP contribution in [0.2, 0.25) is 0 Å². The lowest BCUT2D eigenvalue weighted by atomic mass is 10.1. The molecule has 1 unspecified atom stereocenters. The van der Waals surface area contributed by atoms with E-state index in [4.69, 9.17) is 4.74 Å². The van der Waals surface area contributed by atoms with E-state index < -0.39 is 36.1 Å². The molecular formula is C20H17F5N2O4. The van der Waals surface area contributed by atoms with Crippen molar-refractivity contribution in [3.05, 3.63) is 48.0 Å². The predicted octanol–water partition coefficient (Wildman–Crippen LogP) is 4.31. The molecule has 166 valence electrons. The number of halogens is 5. The maximum atomic E-state index is 12.9. The summed E-state index contributed by atoms with van der Waals surface area (Å²) in [5.41, 5.74) is -0.742. The minimum Gasteiger partial charge on any atom is -0.493 e. The van der Waals surface area contributed by atoms with E-state index in [2.05, 4.69) is 10.1 Å². The average molecular weight is 444 g/mol. The molecule has 0 radical (unpaired) electrons. The summed E-state index contributed by atoms with van der Waals surface area (Å²) < 4.78 is 73.2. The molecule has 1 heterocycles. The van der Waals surface area contributed by atoms with Crippen LogP contribution >= 0.6 is 0 Å². The number of rotatable bonds is 6. The number of methoxy groups -OCH3 is 1. The van der Waals surface area contributed by atoms with Crippen molar-refractivity contribution >= 4 is 23.2 Å². The average Bonchev–Trinajstić information content (AvgIpc) is 3.09. The van der Waals surface area contributed by atoms with E-state index in [1.165, 1.54) is 31.4 Å². The summed E-state index contributed by atoms with van der Waals surface area (Å²) in [6.45, 7) is -3.23. The maximum Gasteiger partial charge on any atom is 0.416 e. The molecule has 1 atom stereocenters. The summed E-state index contributed by atoms with van der Waals surface area (Å²) in [7, 11) is 1.26. The minimum absolute atomic E-state index is 0.0325. The Kier molecular flexibility index (Phi) is 6.32. The fourth-order valence-electron chi connectivity index (χ4n) is 3.17. The monoisotopic (exact) mass is 444 g/mol. The zero-order chi connectivity index (χ0) is 22.8. The van der Waals surface area contributed by atoms with Crippen LogP contribution in [0.25, 0.3) is 0 Å². The van der Waals surface area contributed by atoms with Gasteiger partial charge < -0.3 is 19.7 Å². The van der Waals surface area contributed by atoms with Crippen molar-refractivity contribution in [2.24, 2.45) is 5.92 Å². The number of nitrogens with zero attached hydrogens (tertiary/aromatic N) is 1. The predicted molar refractivity (Wildman–Crippen MR) is 100 cm³/mol.